The molecule has 1 aliphatic heterocycles. The van der Waals surface area contributed by atoms with Crippen molar-refractivity contribution in [3.63, 3.8) is 0 Å². The standard InChI is InChI=1S/C25H43N3O5/c1-10-33-24(32)17(4)15-20(16(2)3)27(9)23(31)21(25(6,7)8)26-22(30)19-13-11-12-14-28(19)18(5)29/h15-16,19-21H,10-14H2,1-9H3,(H,26,30)/b17-15+/t19-,20-,21-/m1/s1. The summed E-state index contributed by atoms with van der Waals surface area (Å²) in [6.07, 6.45) is 4.07. The predicted molar refractivity (Wildman–Crippen MR) is 128 cm³/mol. The molecule has 1 rings (SSSR count). The van der Waals surface area contributed by atoms with Gasteiger partial charge in [0.25, 0.3) is 0 Å². The number of carbonyl (C=O) groups is 4. The lowest BCUT2D eigenvalue weighted by Gasteiger charge is -2.39. The first-order valence-corrected chi connectivity index (χ1v) is 11.9. The third kappa shape index (κ3) is 7.86. The number of piperidine rings is 1. The highest BCUT2D eigenvalue weighted by molar-refractivity contribution is 5.92. The van der Waals surface area contributed by atoms with Crippen LogP contribution in [0.15, 0.2) is 11.6 Å². The van der Waals surface area contributed by atoms with Crippen LogP contribution in [0.1, 0.15) is 74.7 Å². The lowest BCUT2D eigenvalue weighted by atomic mass is 9.84. The van der Waals surface area contributed by atoms with E-state index in [1.807, 2.05) is 34.6 Å². The zero-order valence-electron chi connectivity index (χ0n) is 21.9. The summed E-state index contributed by atoms with van der Waals surface area (Å²) >= 11 is 0. The van der Waals surface area contributed by atoms with Crippen LogP contribution in [0.25, 0.3) is 0 Å². The highest BCUT2D eigenvalue weighted by atomic mass is 16.5. The minimum atomic E-state index is -0.789. The fourth-order valence-corrected chi connectivity index (χ4v) is 4.14. The maximum absolute atomic E-state index is 13.6. The van der Waals surface area contributed by atoms with Crippen LogP contribution in [0.2, 0.25) is 0 Å². The van der Waals surface area contributed by atoms with Gasteiger partial charge in [-0.3, -0.25) is 14.4 Å². The minimum absolute atomic E-state index is 0.0335. The van der Waals surface area contributed by atoms with E-state index in [-0.39, 0.29) is 36.3 Å². The first kappa shape index (κ1) is 28.7. The number of nitrogens with zero attached hydrogens (tertiary/aromatic N) is 2. The molecule has 0 unspecified atom stereocenters. The van der Waals surface area contributed by atoms with Crippen LogP contribution < -0.4 is 5.32 Å². The molecule has 0 spiro atoms. The lowest BCUT2D eigenvalue weighted by molar-refractivity contribution is -0.145. The van der Waals surface area contributed by atoms with Gasteiger partial charge >= 0.3 is 5.97 Å². The predicted octanol–water partition coefficient (Wildman–Crippen LogP) is 2.91. The molecule has 0 aromatic rings. The van der Waals surface area contributed by atoms with E-state index in [4.69, 9.17) is 4.74 Å². The number of esters is 1. The molecule has 0 radical (unpaired) electrons. The molecule has 1 saturated heterocycles. The molecule has 0 aromatic heterocycles. The summed E-state index contributed by atoms with van der Waals surface area (Å²) in [4.78, 5) is 54.1. The molecule has 33 heavy (non-hydrogen) atoms. The molecule has 8 nitrogen and oxygen atoms in total. The molecule has 0 aliphatic carbocycles. The van der Waals surface area contributed by atoms with Crippen molar-refractivity contribution in [2.75, 3.05) is 20.2 Å². The summed E-state index contributed by atoms with van der Waals surface area (Å²) in [5.74, 6) is -1.05. The Hall–Kier alpha value is -2.38. The summed E-state index contributed by atoms with van der Waals surface area (Å²) in [6, 6.07) is -1.71. The van der Waals surface area contributed by atoms with E-state index in [0.29, 0.717) is 18.5 Å². The fourth-order valence-electron chi connectivity index (χ4n) is 4.14. The van der Waals surface area contributed by atoms with E-state index in [2.05, 4.69) is 5.32 Å². The first-order chi connectivity index (χ1) is 15.2. The normalized spacial score (nSPS) is 19.0. The van der Waals surface area contributed by atoms with E-state index in [1.165, 1.54) is 6.92 Å². The van der Waals surface area contributed by atoms with E-state index < -0.39 is 23.5 Å². The van der Waals surface area contributed by atoms with E-state index >= 15 is 0 Å². The van der Waals surface area contributed by atoms with Crippen molar-refractivity contribution in [2.24, 2.45) is 11.3 Å². The monoisotopic (exact) mass is 465 g/mol. The molecule has 1 N–H and O–H groups in total. The number of nitrogens with one attached hydrogen (secondary N) is 1. The van der Waals surface area contributed by atoms with Crippen molar-refractivity contribution >= 4 is 23.7 Å². The van der Waals surface area contributed by atoms with Gasteiger partial charge in [-0.25, -0.2) is 4.79 Å². The van der Waals surface area contributed by atoms with Crippen molar-refractivity contribution in [1.29, 1.82) is 0 Å². The number of likely N-dealkylation sites (N-methyl/N-ethyl adjacent to an activating group) is 1. The Bertz CT molecular complexity index is 754. The SMILES string of the molecule is CCOC(=O)/C(C)=C/[C@H](C(C)C)N(C)C(=O)[C@@H](NC(=O)[C@H]1CCCCN1C(C)=O)C(C)(C)C. The van der Waals surface area contributed by atoms with Crippen LogP contribution in [-0.4, -0.2) is 71.8 Å². The second-order valence-corrected chi connectivity index (χ2v) is 10.3. The Morgan fingerprint density at radius 3 is 2.24 bits per heavy atom. The molecule has 8 heteroatoms. The van der Waals surface area contributed by atoms with Gasteiger partial charge in [0.05, 0.1) is 12.6 Å². The topological polar surface area (TPSA) is 96.0 Å². The second-order valence-electron chi connectivity index (χ2n) is 10.3. The molecule has 1 aliphatic rings. The quantitative estimate of drug-likeness (QED) is 0.439. The number of ether oxygens (including phenoxy) is 1. The summed E-state index contributed by atoms with van der Waals surface area (Å²) in [6.45, 7) is 15.4. The molecule has 0 bridgehead atoms. The number of amides is 3. The van der Waals surface area contributed by atoms with Gasteiger partial charge in [0, 0.05) is 26.1 Å². The van der Waals surface area contributed by atoms with Crippen LogP contribution in [0, 0.1) is 11.3 Å². The van der Waals surface area contributed by atoms with Gasteiger partial charge in [0.2, 0.25) is 17.7 Å². The van der Waals surface area contributed by atoms with Crippen molar-refractivity contribution in [1.82, 2.24) is 15.1 Å². The zero-order valence-corrected chi connectivity index (χ0v) is 21.9. The number of carbonyl (C=O) groups excluding carboxylic acids is 4. The molecular formula is C25H43N3O5. The number of hydrogen-bond donors (Lipinski definition) is 1. The third-order valence-corrected chi connectivity index (χ3v) is 6.11. The smallest absolute Gasteiger partial charge is 0.333 e. The Morgan fingerprint density at radius 1 is 1.15 bits per heavy atom. The van der Waals surface area contributed by atoms with Crippen LogP contribution >= 0.6 is 0 Å². The average Bonchev–Trinajstić information content (AvgIpc) is 2.73. The molecule has 1 fully saturated rings. The van der Waals surface area contributed by atoms with Gasteiger partial charge < -0.3 is 19.9 Å². The van der Waals surface area contributed by atoms with Crippen molar-refractivity contribution in [3.05, 3.63) is 11.6 Å². The van der Waals surface area contributed by atoms with Gasteiger partial charge in [-0.15, -0.1) is 0 Å². The Balaban J connectivity index is 3.16. The van der Waals surface area contributed by atoms with Gasteiger partial charge in [-0.1, -0.05) is 40.7 Å². The van der Waals surface area contributed by atoms with Crippen molar-refractivity contribution in [3.8, 4) is 0 Å². The molecule has 0 aromatic carbocycles. The second kappa shape index (κ2) is 12.2. The summed E-state index contributed by atoms with van der Waals surface area (Å²) in [5, 5.41) is 2.95. The number of hydrogen-bond acceptors (Lipinski definition) is 5. The van der Waals surface area contributed by atoms with Gasteiger partial charge in [-0.2, -0.15) is 0 Å². The van der Waals surface area contributed by atoms with Crippen molar-refractivity contribution < 1.29 is 23.9 Å². The van der Waals surface area contributed by atoms with Gasteiger partial charge in [-0.05, 0) is 44.4 Å². The highest BCUT2D eigenvalue weighted by Crippen LogP contribution is 2.25. The molecule has 188 valence electrons. The van der Waals surface area contributed by atoms with Crippen molar-refractivity contribution in [2.45, 2.75) is 92.8 Å². The molecule has 3 atom stereocenters. The third-order valence-electron chi connectivity index (χ3n) is 6.11. The average molecular weight is 466 g/mol. The van der Waals surface area contributed by atoms with E-state index in [1.54, 1.807) is 36.8 Å². The van der Waals surface area contributed by atoms with E-state index in [0.717, 1.165) is 12.8 Å². The lowest BCUT2D eigenvalue weighted by Crippen LogP contribution is -2.60. The van der Waals surface area contributed by atoms with Crippen LogP contribution in [0.3, 0.4) is 0 Å². The molecule has 0 saturated carbocycles. The Kier molecular flexibility index (Phi) is 10.6. The Labute approximate surface area is 199 Å². The minimum Gasteiger partial charge on any atom is -0.463 e. The molecule has 1 heterocycles. The summed E-state index contributed by atoms with van der Waals surface area (Å²) in [7, 11) is 1.69. The van der Waals surface area contributed by atoms with Crippen LogP contribution in [-0.2, 0) is 23.9 Å². The zero-order chi connectivity index (χ0) is 25.5. The maximum atomic E-state index is 13.6. The maximum Gasteiger partial charge on any atom is 0.333 e. The van der Waals surface area contributed by atoms with E-state index in [9.17, 15) is 19.2 Å². The molecular weight excluding hydrogens is 422 g/mol. The summed E-state index contributed by atoms with van der Waals surface area (Å²) < 4.78 is 5.08. The Morgan fingerprint density at radius 2 is 1.76 bits per heavy atom. The van der Waals surface area contributed by atoms with Gasteiger partial charge in [0.15, 0.2) is 0 Å². The van der Waals surface area contributed by atoms with Crippen LogP contribution in [0.5, 0.6) is 0 Å². The highest BCUT2D eigenvalue weighted by Gasteiger charge is 2.39. The fraction of sp³-hybridized carbons (Fsp3) is 0.760. The largest absolute Gasteiger partial charge is 0.463 e. The van der Waals surface area contributed by atoms with Crippen LogP contribution in [0.4, 0.5) is 0 Å². The summed E-state index contributed by atoms with van der Waals surface area (Å²) in [5.41, 5.74) is -0.121. The molecule has 3 amide bonds. The first-order valence-electron chi connectivity index (χ1n) is 11.9. The number of rotatable bonds is 8. The number of likely N-dealkylation sites (tertiary alicyclic amines) is 1. The van der Waals surface area contributed by atoms with Gasteiger partial charge in [0.1, 0.15) is 12.1 Å².